The van der Waals surface area contributed by atoms with Gasteiger partial charge in [-0.15, -0.1) is 10.1 Å². The van der Waals surface area contributed by atoms with Crippen LogP contribution >= 0.6 is 43.6 Å². The molecule has 0 spiro atoms. The number of rotatable bonds is 11. The smallest absolute Gasteiger partial charge is 0.340 e. The Labute approximate surface area is 166 Å². The largest absolute Gasteiger partial charge is 0.421 e. The first-order chi connectivity index (χ1) is 11.8. The van der Waals surface area contributed by atoms with E-state index in [1.54, 1.807) is 6.08 Å². The molecule has 1 aliphatic rings. The van der Waals surface area contributed by atoms with Crippen molar-refractivity contribution in [1.82, 2.24) is 0 Å². The fraction of sp³-hybridized carbons (Fsp3) is 0.600. The van der Waals surface area contributed by atoms with Crippen LogP contribution in [0.3, 0.4) is 0 Å². The third-order valence-electron chi connectivity index (χ3n) is 3.30. The molecule has 0 bridgehead atoms. The number of unbranched alkanes of at least 4 members (excludes halogenated alkanes) is 2. The van der Waals surface area contributed by atoms with Crippen LogP contribution in [0.15, 0.2) is 20.8 Å². The average Bonchev–Trinajstić information content (AvgIpc) is 2.92. The molecule has 0 saturated heterocycles. The Hall–Kier alpha value is -0.870. The van der Waals surface area contributed by atoms with Gasteiger partial charge < -0.3 is 9.57 Å². The summed E-state index contributed by atoms with van der Waals surface area (Å²) in [4.78, 5) is 38.4. The SMILES string of the molecule is CCCC(SC(=O)CCCCCO[N+](=O)[O-])C1=CC(=C(Br)Br)OC1=O. The van der Waals surface area contributed by atoms with Crippen molar-refractivity contribution in [2.45, 2.75) is 50.7 Å². The van der Waals surface area contributed by atoms with Gasteiger partial charge in [0, 0.05) is 11.7 Å². The number of hydrogen-bond acceptors (Lipinski definition) is 7. The lowest BCUT2D eigenvalue weighted by molar-refractivity contribution is -0.757. The lowest BCUT2D eigenvalue weighted by atomic mass is 10.1. The van der Waals surface area contributed by atoms with E-state index in [1.165, 1.54) is 0 Å². The molecule has 1 rings (SSSR count). The minimum Gasteiger partial charge on any atom is -0.421 e. The van der Waals surface area contributed by atoms with Crippen LogP contribution in [0.25, 0.3) is 0 Å². The molecule has 0 aromatic rings. The molecular weight excluding hydrogens is 482 g/mol. The zero-order valence-electron chi connectivity index (χ0n) is 13.7. The van der Waals surface area contributed by atoms with Crippen molar-refractivity contribution < 1.29 is 24.3 Å². The Morgan fingerprint density at radius 1 is 1.40 bits per heavy atom. The molecule has 0 aromatic heterocycles. The van der Waals surface area contributed by atoms with Gasteiger partial charge in [-0.1, -0.05) is 31.5 Å². The average molecular weight is 501 g/mol. The number of allylic oxidation sites excluding steroid dienone is 1. The van der Waals surface area contributed by atoms with Crippen LogP contribution in [-0.2, 0) is 19.2 Å². The molecule has 1 unspecified atom stereocenters. The highest BCUT2D eigenvalue weighted by molar-refractivity contribution is 9.28. The highest BCUT2D eigenvalue weighted by Gasteiger charge is 2.30. The van der Waals surface area contributed by atoms with E-state index in [9.17, 15) is 19.7 Å². The zero-order chi connectivity index (χ0) is 18.8. The molecule has 25 heavy (non-hydrogen) atoms. The van der Waals surface area contributed by atoms with Crippen molar-refractivity contribution in [1.29, 1.82) is 0 Å². The summed E-state index contributed by atoms with van der Waals surface area (Å²) in [5, 5.41) is 8.96. The Kier molecular flexibility index (Phi) is 10.4. The number of halogens is 2. The third-order valence-corrected chi connectivity index (χ3v) is 5.33. The van der Waals surface area contributed by atoms with Crippen molar-refractivity contribution in [2.24, 2.45) is 0 Å². The molecule has 1 heterocycles. The molecular formula is C15H19Br2NO6S. The van der Waals surface area contributed by atoms with Crippen LogP contribution in [-0.4, -0.2) is 28.0 Å². The maximum Gasteiger partial charge on any atom is 0.340 e. The Balaban J connectivity index is 2.48. The molecule has 0 aromatic carbocycles. The summed E-state index contributed by atoms with van der Waals surface area (Å²) in [6.45, 7) is 2.04. The maximum atomic E-state index is 12.2. The lowest BCUT2D eigenvalue weighted by Gasteiger charge is -2.14. The van der Waals surface area contributed by atoms with Crippen LogP contribution in [0, 0.1) is 10.1 Å². The number of ether oxygens (including phenoxy) is 1. The van der Waals surface area contributed by atoms with Gasteiger partial charge in [0.1, 0.15) is 3.39 Å². The number of cyclic esters (lactones) is 1. The van der Waals surface area contributed by atoms with Gasteiger partial charge in [0.15, 0.2) is 10.9 Å². The van der Waals surface area contributed by atoms with Gasteiger partial charge in [0.25, 0.3) is 5.09 Å². The first kappa shape index (κ1) is 22.2. The molecule has 7 nitrogen and oxygen atoms in total. The van der Waals surface area contributed by atoms with Crippen molar-refractivity contribution >= 4 is 54.7 Å². The summed E-state index contributed by atoms with van der Waals surface area (Å²) in [6.07, 6.45) is 5.37. The molecule has 0 saturated carbocycles. The Morgan fingerprint density at radius 3 is 2.68 bits per heavy atom. The standard InChI is InChI=1S/C15H19Br2NO6S/c1-2-6-12(10-9-11(14(16)17)24-15(10)20)25-13(19)7-4-3-5-8-23-18(21)22/h9,12H,2-8H2,1H3. The van der Waals surface area contributed by atoms with E-state index in [-0.39, 0.29) is 17.0 Å². The van der Waals surface area contributed by atoms with E-state index in [2.05, 4.69) is 36.7 Å². The summed E-state index contributed by atoms with van der Waals surface area (Å²) >= 11 is 7.57. The van der Waals surface area contributed by atoms with Gasteiger partial charge in [0.2, 0.25) is 0 Å². The summed E-state index contributed by atoms with van der Waals surface area (Å²) in [7, 11) is 0. The zero-order valence-corrected chi connectivity index (χ0v) is 17.7. The van der Waals surface area contributed by atoms with Crippen molar-refractivity contribution in [2.75, 3.05) is 6.61 Å². The summed E-state index contributed by atoms with van der Waals surface area (Å²) in [5.41, 5.74) is 0.492. The summed E-state index contributed by atoms with van der Waals surface area (Å²) in [5.74, 6) is -0.0259. The van der Waals surface area contributed by atoms with E-state index in [4.69, 9.17) is 4.74 Å². The fourth-order valence-electron chi connectivity index (χ4n) is 2.15. The molecule has 10 heteroatoms. The van der Waals surface area contributed by atoms with E-state index >= 15 is 0 Å². The Morgan fingerprint density at radius 2 is 2.12 bits per heavy atom. The normalized spacial score (nSPS) is 14.8. The molecule has 0 fully saturated rings. The monoisotopic (exact) mass is 499 g/mol. The van der Waals surface area contributed by atoms with Crippen LogP contribution in [0.1, 0.15) is 45.4 Å². The molecule has 1 atom stereocenters. The number of thioether (sulfide) groups is 1. The van der Waals surface area contributed by atoms with Crippen LogP contribution in [0.5, 0.6) is 0 Å². The molecule has 0 amide bonds. The van der Waals surface area contributed by atoms with Gasteiger partial charge in [-0.25, -0.2) is 4.79 Å². The predicted octanol–water partition coefficient (Wildman–Crippen LogP) is 4.63. The molecule has 0 radical (unpaired) electrons. The van der Waals surface area contributed by atoms with E-state index in [1.807, 2.05) is 6.92 Å². The number of carbonyl (C=O) groups excluding carboxylic acids is 2. The van der Waals surface area contributed by atoms with E-state index in [0.717, 1.165) is 18.2 Å². The number of hydrogen-bond donors (Lipinski definition) is 0. The second-order valence-electron chi connectivity index (χ2n) is 5.25. The fourth-order valence-corrected chi connectivity index (χ4v) is 3.77. The van der Waals surface area contributed by atoms with Crippen LogP contribution in [0.2, 0.25) is 0 Å². The molecule has 1 aliphatic heterocycles. The first-order valence-electron chi connectivity index (χ1n) is 7.81. The van der Waals surface area contributed by atoms with Gasteiger partial charge in [-0.05, 0) is 57.2 Å². The highest BCUT2D eigenvalue weighted by atomic mass is 79.9. The lowest BCUT2D eigenvalue weighted by Crippen LogP contribution is -2.15. The predicted molar refractivity (Wildman–Crippen MR) is 102 cm³/mol. The van der Waals surface area contributed by atoms with Crippen molar-refractivity contribution in [3.63, 3.8) is 0 Å². The molecule has 0 aliphatic carbocycles. The third kappa shape index (κ3) is 8.37. The second kappa shape index (κ2) is 11.7. The quantitative estimate of drug-likeness (QED) is 0.176. The van der Waals surface area contributed by atoms with E-state index in [0.29, 0.717) is 46.8 Å². The van der Waals surface area contributed by atoms with Gasteiger partial charge >= 0.3 is 5.97 Å². The minimum absolute atomic E-state index is 0.00215. The van der Waals surface area contributed by atoms with Crippen LogP contribution in [0.4, 0.5) is 0 Å². The molecule has 140 valence electrons. The highest BCUT2D eigenvalue weighted by Crippen LogP contribution is 2.34. The van der Waals surface area contributed by atoms with Gasteiger partial charge in [-0.2, -0.15) is 0 Å². The number of nitrogens with zero attached hydrogens (tertiary/aromatic N) is 1. The second-order valence-corrected chi connectivity index (χ2v) is 9.16. The van der Waals surface area contributed by atoms with Crippen LogP contribution < -0.4 is 0 Å². The molecule has 0 N–H and O–H groups in total. The number of carbonyl (C=O) groups is 2. The topological polar surface area (TPSA) is 95.7 Å². The summed E-state index contributed by atoms with van der Waals surface area (Å²) < 4.78 is 5.70. The minimum atomic E-state index is -0.821. The summed E-state index contributed by atoms with van der Waals surface area (Å²) in [6, 6.07) is 0. The Bertz CT molecular complexity index is 574. The van der Waals surface area contributed by atoms with Crippen molar-refractivity contribution in [3.8, 4) is 0 Å². The number of esters is 1. The van der Waals surface area contributed by atoms with Gasteiger partial charge in [0.05, 0.1) is 12.2 Å². The first-order valence-corrected chi connectivity index (χ1v) is 10.3. The van der Waals surface area contributed by atoms with Gasteiger partial charge in [-0.3, -0.25) is 4.79 Å². The van der Waals surface area contributed by atoms with E-state index < -0.39 is 11.1 Å². The maximum absolute atomic E-state index is 12.2. The van der Waals surface area contributed by atoms with Crippen molar-refractivity contribution in [3.05, 3.63) is 30.9 Å².